The van der Waals surface area contributed by atoms with Crippen molar-refractivity contribution in [3.05, 3.63) is 63.6 Å². The van der Waals surface area contributed by atoms with Gasteiger partial charge in [0.25, 0.3) is 0 Å². The number of benzene rings is 2. The smallest absolute Gasteiger partial charge is 0.245 e. The third kappa shape index (κ3) is 7.89. The van der Waals surface area contributed by atoms with Gasteiger partial charge in [0, 0.05) is 18.7 Å². The molecule has 198 valence electrons. The normalized spacial score (nSPS) is 13.1. The average Bonchev–Trinajstić information content (AvgIpc) is 3.39. The summed E-state index contributed by atoms with van der Waals surface area (Å²) in [7, 11) is -4.39. The quantitative estimate of drug-likeness (QED) is 0.287. The highest BCUT2D eigenvalue weighted by molar-refractivity contribution is 7.89. The summed E-state index contributed by atoms with van der Waals surface area (Å²) in [5.41, 5.74) is 7.18. The molecule has 0 saturated carbocycles. The molecular formula is C23H26Cl2N6O5S. The Bertz CT molecular complexity index is 1300. The molecule has 1 aliphatic rings. The number of carbonyl (C=O) groups is 3. The summed E-state index contributed by atoms with van der Waals surface area (Å²) in [5.74, 6) is -1.38. The van der Waals surface area contributed by atoms with Crippen molar-refractivity contribution in [2.45, 2.75) is 11.3 Å². The highest BCUT2D eigenvalue weighted by Gasteiger charge is 2.30. The Morgan fingerprint density at radius 3 is 2.41 bits per heavy atom. The molecule has 1 heterocycles. The van der Waals surface area contributed by atoms with Crippen LogP contribution in [0.4, 0.5) is 0 Å². The monoisotopic (exact) mass is 568 g/mol. The number of amides is 3. The first kappa shape index (κ1) is 28.4. The molecule has 11 nitrogen and oxygen atoms in total. The topological polar surface area (TPSA) is 163 Å². The molecule has 0 aromatic heterocycles. The number of primary amides is 1. The predicted octanol–water partition coefficient (Wildman–Crippen LogP) is 0.294. The fourth-order valence-corrected chi connectivity index (χ4v) is 5.54. The summed E-state index contributed by atoms with van der Waals surface area (Å²) in [6.45, 7) is 0.0129. The minimum absolute atomic E-state index is 0.0148. The van der Waals surface area contributed by atoms with E-state index in [1.54, 1.807) is 0 Å². The molecule has 0 bridgehead atoms. The first-order valence-corrected chi connectivity index (χ1v) is 13.4. The van der Waals surface area contributed by atoms with Gasteiger partial charge in [0.15, 0.2) is 0 Å². The maximum absolute atomic E-state index is 13.0. The zero-order valence-corrected chi connectivity index (χ0v) is 22.0. The Morgan fingerprint density at radius 1 is 1.03 bits per heavy atom. The highest BCUT2D eigenvalue weighted by Crippen LogP contribution is 2.30. The van der Waals surface area contributed by atoms with Gasteiger partial charge >= 0.3 is 0 Å². The molecule has 3 rings (SSSR count). The lowest BCUT2D eigenvalue weighted by molar-refractivity contribution is -0.126. The van der Waals surface area contributed by atoms with Crippen molar-refractivity contribution in [2.75, 3.05) is 39.3 Å². The zero-order chi connectivity index (χ0) is 27.0. The third-order valence-corrected chi connectivity index (χ3v) is 8.03. The maximum Gasteiger partial charge on any atom is 0.245 e. The number of halogens is 2. The van der Waals surface area contributed by atoms with Gasteiger partial charge in [0.1, 0.15) is 10.7 Å². The van der Waals surface area contributed by atoms with Crippen molar-refractivity contribution in [2.24, 2.45) is 10.7 Å². The number of amidine groups is 1. The molecule has 0 saturated heterocycles. The standard InChI is InChI=1S/C23H26Cl2N6O5S/c24-17-2-1-3-18(22(17)25)37(35,36)31(13-19(26)32)14-21(34)30-12-20(33)27-9-8-15-4-6-16(7-5-15)23-28-10-11-29-23/h1-7H,8-14H2,(H2,26,32)(H,27,33)(H,28,29)(H,30,34). The second kappa shape index (κ2) is 12.9. The van der Waals surface area contributed by atoms with E-state index < -0.39 is 40.8 Å². The van der Waals surface area contributed by atoms with E-state index in [0.717, 1.165) is 30.1 Å². The Morgan fingerprint density at radius 2 is 1.76 bits per heavy atom. The van der Waals surface area contributed by atoms with Crippen LogP contribution in [0.15, 0.2) is 52.4 Å². The number of carbonyl (C=O) groups excluding carboxylic acids is 3. The van der Waals surface area contributed by atoms with Crippen LogP contribution in [0.25, 0.3) is 0 Å². The largest absolute Gasteiger partial charge is 0.369 e. The molecular weight excluding hydrogens is 543 g/mol. The number of nitrogens with one attached hydrogen (secondary N) is 3. The first-order chi connectivity index (χ1) is 17.6. The van der Waals surface area contributed by atoms with Gasteiger partial charge in [-0.05, 0) is 24.1 Å². The molecule has 0 aliphatic carbocycles. The summed E-state index contributed by atoms with van der Waals surface area (Å²) in [5, 5.41) is 7.95. The molecule has 0 radical (unpaired) electrons. The van der Waals surface area contributed by atoms with Crippen molar-refractivity contribution in [3.8, 4) is 0 Å². The van der Waals surface area contributed by atoms with Crippen LogP contribution in [0.1, 0.15) is 11.1 Å². The lowest BCUT2D eigenvalue weighted by Crippen LogP contribution is -2.46. The van der Waals surface area contributed by atoms with Crippen LogP contribution in [-0.2, 0) is 30.8 Å². The first-order valence-electron chi connectivity index (χ1n) is 11.2. The second-order valence-corrected chi connectivity index (χ2v) is 10.7. The predicted molar refractivity (Wildman–Crippen MR) is 140 cm³/mol. The molecule has 0 unspecified atom stereocenters. The van der Waals surface area contributed by atoms with Gasteiger partial charge in [0.05, 0.1) is 36.2 Å². The van der Waals surface area contributed by atoms with Crippen LogP contribution in [0.5, 0.6) is 0 Å². The summed E-state index contributed by atoms with van der Waals surface area (Å²) in [4.78, 5) is 40.0. The number of nitrogens with two attached hydrogens (primary N) is 1. The van der Waals surface area contributed by atoms with Gasteiger partial charge in [-0.2, -0.15) is 4.31 Å². The molecule has 2 aromatic carbocycles. The Labute approximate surface area is 224 Å². The fourth-order valence-electron chi connectivity index (χ4n) is 3.45. The minimum atomic E-state index is -4.39. The maximum atomic E-state index is 13.0. The van der Waals surface area contributed by atoms with Gasteiger partial charge in [-0.25, -0.2) is 8.42 Å². The number of rotatable bonds is 12. The van der Waals surface area contributed by atoms with Crippen molar-refractivity contribution in [1.29, 1.82) is 0 Å². The molecule has 0 fully saturated rings. The minimum Gasteiger partial charge on any atom is -0.369 e. The molecule has 14 heteroatoms. The lowest BCUT2D eigenvalue weighted by Gasteiger charge is -2.21. The van der Waals surface area contributed by atoms with E-state index in [9.17, 15) is 22.8 Å². The highest BCUT2D eigenvalue weighted by atomic mass is 35.5. The second-order valence-electron chi connectivity index (χ2n) is 8.02. The van der Waals surface area contributed by atoms with E-state index in [1.807, 2.05) is 24.3 Å². The van der Waals surface area contributed by atoms with Crippen molar-refractivity contribution in [1.82, 2.24) is 20.3 Å². The Kier molecular flexibility index (Phi) is 9.86. The van der Waals surface area contributed by atoms with E-state index in [0.29, 0.717) is 17.3 Å². The molecule has 3 amide bonds. The van der Waals surface area contributed by atoms with Crippen LogP contribution >= 0.6 is 23.2 Å². The van der Waals surface area contributed by atoms with Crippen molar-refractivity contribution < 1.29 is 22.8 Å². The van der Waals surface area contributed by atoms with Crippen LogP contribution < -0.4 is 21.7 Å². The average molecular weight is 569 g/mol. The van der Waals surface area contributed by atoms with E-state index >= 15 is 0 Å². The summed E-state index contributed by atoms with van der Waals surface area (Å²) in [6.07, 6.45) is 0.574. The number of hydrogen-bond donors (Lipinski definition) is 4. The summed E-state index contributed by atoms with van der Waals surface area (Å²) < 4.78 is 26.6. The number of sulfonamides is 1. The molecule has 2 aromatic rings. The van der Waals surface area contributed by atoms with Crippen LogP contribution in [0.2, 0.25) is 10.0 Å². The van der Waals surface area contributed by atoms with Crippen LogP contribution in [-0.4, -0.2) is 75.5 Å². The van der Waals surface area contributed by atoms with E-state index in [1.165, 1.54) is 18.2 Å². The zero-order valence-electron chi connectivity index (χ0n) is 19.7. The Balaban J connectivity index is 1.49. The van der Waals surface area contributed by atoms with Gasteiger partial charge in [-0.15, -0.1) is 0 Å². The molecule has 1 aliphatic heterocycles. The molecule has 5 N–H and O–H groups in total. The van der Waals surface area contributed by atoms with Gasteiger partial charge < -0.3 is 21.7 Å². The van der Waals surface area contributed by atoms with E-state index in [2.05, 4.69) is 20.9 Å². The van der Waals surface area contributed by atoms with Crippen LogP contribution in [0.3, 0.4) is 0 Å². The molecule has 0 spiro atoms. The Hall–Kier alpha value is -3.19. The van der Waals surface area contributed by atoms with Gasteiger partial charge in [-0.1, -0.05) is 53.5 Å². The number of hydrogen-bond acceptors (Lipinski definition) is 7. The summed E-state index contributed by atoms with van der Waals surface area (Å²) >= 11 is 11.9. The fraction of sp³-hybridized carbons (Fsp3) is 0.304. The number of nitrogens with zero attached hydrogens (tertiary/aromatic N) is 2. The molecule has 0 atom stereocenters. The van der Waals surface area contributed by atoms with Crippen molar-refractivity contribution in [3.63, 3.8) is 0 Å². The van der Waals surface area contributed by atoms with Crippen molar-refractivity contribution >= 4 is 56.8 Å². The summed E-state index contributed by atoms with van der Waals surface area (Å²) in [6, 6.07) is 11.8. The van der Waals surface area contributed by atoms with Gasteiger partial charge in [0.2, 0.25) is 27.7 Å². The molecule has 37 heavy (non-hydrogen) atoms. The van der Waals surface area contributed by atoms with E-state index in [-0.39, 0.29) is 21.5 Å². The SMILES string of the molecule is NC(=O)CN(CC(=O)NCC(=O)NCCc1ccc(C2=NCCN2)cc1)S(=O)(=O)c1cccc(Cl)c1Cl. The van der Waals surface area contributed by atoms with E-state index in [4.69, 9.17) is 28.9 Å². The lowest BCUT2D eigenvalue weighted by atomic mass is 10.1. The van der Waals surface area contributed by atoms with Crippen LogP contribution in [0, 0.1) is 0 Å². The third-order valence-electron chi connectivity index (χ3n) is 5.27. The van der Waals surface area contributed by atoms with Gasteiger partial charge in [-0.3, -0.25) is 19.4 Å². The number of aliphatic imine (C=N–C) groups is 1.